The lowest BCUT2D eigenvalue weighted by Gasteiger charge is -2.03. The Labute approximate surface area is 108 Å². The molecular weight excluding hydrogens is 252 g/mol. The highest BCUT2D eigenvalue weighted by Gasteiger charge is 2.14. The lowest BCUT2D eigenvalue weighted by Crippen LogP contribution is -1.96. The van der Waals surface area contributed by atoms with Gasteiger partial charge in [0, 0.05) is 0 Å². The molecule has 0 amide bonds. The van der Waals surface area contributed by atoms with E-state index in [1.165, 1.54) is 5.56 Å². The average molecular weight is 261 g/mol. The van der Waals surface area contributed by atoms with Gasteiger partial charge < -0.3 is 0 Å². The van der Waals surface area contributed by atoms with Crippen LogP contribution in [0.25, 0.3) is 17.1 Å². The van der Waals surface area contributed by atoms with Crippen molar-refractivity contribution in [2.75, 3.05) is 0 Å². The first kappa shape index (κ1) is 10.9. The summed E-state index contributed by atoms with van der Waals surface area (Å²) in [5.74, 6) is 0.429. The van der Waals surface area contributed by atoms with Gasteiger partial charge in [-0.05, 0) is 24.3 Å². The van der Waals surface area contributed by atoms with E-state index in [1.54, 1.807) is 10.9 Å². The first-order valence-corrected chi connectivity index (χ1v) is 5.68. The molecule has 0 aliphatic carbocycles. The molecule has 0 spiro atoms. The van der Waals surface area contributed by atoms with Crippen LogP contribution in [-0.2, 0) is 0 Å². The van der Waals surface area contributed by atoms with Crippen LogP contribution < -0.4 is 0 Å². The molecule has 90 valence electrons. The van der Waals surface area contributed by atoms with Crippen molar-refractivity contribution in [2.45, 2.75) is 6.92 Å². The third-order valence-corrected chi connectivity index (χ3v) is 2.94. The molecule has 3 aromatic rings. The fraction of sp³-hybridized carbons (Fsp3) is 0.0909. The molecule has 0 bridgehead atoms. The summed E-state index contributed by atoms with van der Waals surface area (Å²) in [5.41, 5.74) is 2.71. The van der Waals surface area contributed by atoms with E-state index in [0.717, 1.165) is 5.69 Å². The quantitative estimate of drug-likeness (QED) is 0.765. The van der Waals surface area contributed by atoms with Crippen LogP contribution in [0.3, 0.4) is 0 Å². The number of aromatic amines is 1. The van der Waals surface area contributed by atoms with Crippen LogP contribution >= 0.6 is 11.6 Å². The predicted octanol–water partition coefficient (Wildman–Crippen LogP) is 2.01. The zero-order valence-corrected chi connectivity index (χ0v) is 10.3. The first-order valence-electron chi connectivity index (χ1n) is 5.30. The predicted molar refractivity (Wildman–Crippen MR) is 66.5 cm³/mol. The largest absolute Gasteiger partial charge is 0.221 e. The van der Waals surface area contributed by atoms with E-state index >= 15 is 0 Å². The second-order valence-corrected chi connectivity index (χ2v) is 4.19. The number of benzene rings is 1. The van der Waals surface area contributed by atoms with Gasteiger partial charge >= 0.3 is 0 Å². The van der Waals surface area contributed by atoms with Gasteiger partial charge in [0.2, 0.25) is 5.82 Å². The van der Waals surface area contributed by atoms with Crippen molar-refractivity contribution in [3.8, 4) is 17.1 Å². The number of hydrogen-bond donors (Lipinski definition) is 1. The van der Waals surface area contributed by atoms with E-state index in [2.05, 4.69) is 25.7 Å². The van der Waals surface area contributed by atoms with E-state index in [0.29, 0.717) is 16.5 Å². The van der Waals surface area contributed by atoms with Crippen LogP contribution in [0, 0.1) is 6.92 Å². The minimum absolute atomic E-state index is 0.429. The Bertz CT molecular complexity index is 655. The zero-order valence-electron chi connectivity index (χ0n) is 9.50. The van der Waals surface area contributed by atoms with Crippen LogP contribution in [0.15, 0.2) is 30.5 Å². The summed E-state index contributed by atoms with van der Waals surface area (Å²) in [5, 5.41) is 18.3. The first-order chi connectivity index (χ1) is 8.75. The molecule has 0 aliphatic heterocycles. The number of aryl methyl sites for hydroxylation is 1. The molecule has 1 aromatic carbocycles. The summed E-state index contributed by atoms with van der Waals surface area (Å²) in [4.78, 5) is 0. The van der Waals surface area contributed by atoms with Crippen molar-refractivity contribution >= 4 is 11.6 Å². The molecule has 0 saturated heterocycles. The molecule has 6 nitrogen and oxygen atoms in total. The van der Waals surface area contributed by atoms with Crippen LogP contribution in [0.1, 0.15) is 5.56 Å². The molecule has 2 heterocycles. The van der Waals surface area contributed by atoms with Crippen molar-refractivity contribution in [3.63, 3.8) is 0 Å². The second-order valence-electron chi connectivity index (χ2n) is 3.83. The summed E-state index contributed by atoms with van der Waals surface area (Å²) in [6.45, 7) is 2.03. The number of aromatic nitrogens is 6. The van der Waals surface area contributed by atoms with E-state index in [1.807, 2.05) is 31.2 Å². The van der Waals surface area contributed by atoms with Gasteiger partial charge in [0.05, 0.1) is 17.4 Å². The van der Waals surface area contributed by atoms with Gasteiger partial charge in [-0.1, -0.05) is 29.3 Å². The van der Waals surface area contributed by atoms with E-state index in [9.17, 15) is 0 Å². The van der Waals surface area contributed by atoms with Gasteiger partial charge in [0.15, 0.2) is 0 Å². The number of rotatable bonds is 2. The van der Waals surface area contributed by atoms with Crippen molar-refractivity contribution < 1.29 is 0 Å². The number of nitrogens with one attached hydrogen (secondary N) is 1. The van der Waals surface area contributed by atoms with Gasteiger partial charge in [0.1, 0.15) is 5.15 Å². The Kier molecular flexibility index (Phi) is 2.56. The Morgan fingerprint density at radius 1 is 1.22 bits per heavy atom. The Balaban J connectivity index is 2.07. The van der Waals surface area contributed by atoms with Crippen LogP contribution in [-0.4, -0.2) is 30.4 Å². The van der Waals surface area contributed by atoms with Gasteiger partial charge in [0.25, 0.3) is 0 Å². The SMILES string of the molecule is Cc1ccc(-n2ncc(-c3nn[nH]n3)c2Cl)cc1. The molecule has 2 aromatic heterocycles. The molecule has 0 aliphatic rings. The van der Waals surface area contributed by atoms with Crippen LogP contribution in [0.5, 0.6) is 0 Å². The van der Waals surface area contributed by atoms with E-state index in [-0.39, 0.29) is 0 Å². The third kappa shape index (κ3) is 1.76. The third-order valence-electron chi connectivity index (χ3n) is 2.58. The zero-order chi connectivity index (χ0) is 12.5. The van der Waals surface area contributed by atoms with Crippen molar-refractivity contribution in [1.29, 1.82) is 0 Å². The molecule has 0 fully saturated rings. The van der Waals surface area contributed by atoms with Gasteiger partial charge in [-0.15, -0.1) is 10.2 Å². The second kappa shape index (κ2) is 4.23. The minimum atomic E-state index is 0.429. The molecule has 0 atom stereocenters. The number of nitrogens with zero attached hydrogens (tertiary/aromatic N) is 5. The summed E-state index contributed by atoms with van der Waals surface area (Å²) >= 11 is 6.27. The monoisotopic (exact) mass is 260 g/mol. The summed E-state index contributed by atoms with van der Waals surface area (Å²) in [6.07, 6.45) is 1.62. The lowest BCUT2D eigenvalue weighted by atomic mass is 10.2. The number of halogens is 1. The topological polar surface area (TPSA) is 72.3 Å². The van der Waals surface area contributed by atoms with Gasteiger partial charge in [-0.3, -0.25) is 0 Å². The molecule has 1 N–H and O–H groups in total. The summed E-state index contributed by atoms with van der Waals surface area (Å²) in [6, 6.07) is 7.91. The van der Waals surface area contributed by atoms with Crippen LogP contribution in [0.2, 0.25) is 5.15 Å². The maximum atomic E-state index is 6.27. The highest BCUT2D eigenvalue weighted by Crippen LogP contribution is 2.26. The Hall–Kier alpha value is -2.21. The molecule has 0 unspecified atom stereocenters. The summed E-state index contributed by atoms with van der Waals surface area (Å²) < 4.78 is 1.63. The summed E-state index contributed by atoms with van der Waals surface area (Å²) in [7, 11) is 0. The molecule has 18 heavy (non-hydrogen) atoms. The molecule has 0 radical (unpaired) electrons. The maximum absolute atomic E-state index is 6.27. The fourth-order valence-corrected chi connectivity index (χ4v) is 1.90. The van der Waals surface area contributed by atoms with Gasteiger partial charge in [-0.2, -0.15) is 10.3 Å². The molecular formula is C11H9ClN6. The van der Waals surface area contributed by atoms with Crippen molar-refractivity contribution in [2.24, 2.45) is 0 Å². The Morgan fingerprint density at radius 3 is 2.67 bits per heavy atom. The molecule has 7 heteroatoms. The minimum Gasteiger partial charge on any atom is -0.221 e. The highest BCUT2D eigenvalue weighted by molar-refractivity contribution is 6.32. The normalized spacial score (nSPS) is 10.8. The maximum Gasteiger partial charge on any atom is 0.209 e. The number of H-pyrrole nitrogens is 1. The van der Waals surface area contributed by atoms with Crippen LogP contribution in [0.4, 0.5) is 0 Å². The molecule has 0 saturated carbocycles. The number of hydrogen-bond acceptors (Lipinski definition) is 4. The average Bonchev–Trinajstić information content (AvgIpc) is 2.99. The fourth-order valence-electron chi connectivity index (χ4n) is 1.63. The molecule has 3 rings (SSSR count). The smallest absolute Gasteiger partial charge is 0.209 e. The standard InChI is InChI=1S/C11H9ClN6/c1-7-2-4-8(5-3-7)18-10(12)9(6-13-18)11-14-16-17-15-11/h2-6H,1H3,(H,14,15,16,17). The number of tetrazole rings is 1. The van der Waals surface area contributed by atoms with Gasteiger partial charge in [-0.25, -0.2) is 4.68 Å². The Morgan fingerprint density at radius 2 is 2.00 bits per heavy atom. The van der Waals surface area contributed by atoms with E-state index < -0.39 is 0 Å². The lowest BCUT2D eigenvalue weighted by molar-refractivity contribution is 0.881. The highest BCUT2D eigenvalue weighted by atomic mass is 35.5. The van der Waals surface area contributed by atoms with Crippen molar-refractivity contribution in [1.82, 2.24) is 30.4 Å². The van der Waals surface area contributed by atoms with E-state index in [4.69, 9.17) is 11.6 Å². The van der Waals surface area contributed by atoms with Crippen molar-refractivity contribution in [3.05, 3.63) is 41.2 Å².